The van der Waals surface area contributed by atoms with E-state index in [4.69, 9.17) is 11.6 Å². The predicted molar refractivity (Wildman–Crippen MR) is 114 cm³/mol. The number of fused-ring (bicyclic) bond motifs is 1. The largest absolute Gasteiger partial charge is 0.306 e. The Bertz CT molecular complexity index is 1300. The van der Waals surface area contributed by atoms with E-state index in [0.717, 1.165) is 0 Å². The summed E-state index contributed by atoms with van der Waals surface area (Å²) in [6.45, 7) is 0. The van der Waals surface area contributed by atoms with Gasteiger partial charge < -0.3 is 5.32 Å². The average molecular weight is 512 g/mol. The van der Waals surface area contributed by atoms with E-state index in [1.165, 1.54) is 28.9 Å². The monoisotopic (exact) mass is 510 g/mol. The molecule has 4 rings (SSSR count). The number of non-ortho nitro benzene ring substituents is 1. The number of rotatable bonds is 4. The van der Waals surface area contributed by atoms with Crippen LogP contribution in [0, 0.1) is 10.1 Å². The van der Waals surface area contributed by atoms with Gasteiger partial charge in [0.1, 0.15) is 5.82 Å². The highest BCUT2D eigenvalue weighted by atomic mass is 79.9. The fraction of sp³-hybridized carbons (Fsp3) is 0.111. The second-order valence-electron chi connectivity index (χ2n) is 6.57. The number of aromatic nitrogens is 2. The van der Waals surface area contributed by atoms with Gasteiger partial charge in [0.15, 0.2) is 9.84 Å². The molecule has 0 bridgehead atoms. The highest BCUT2D eigenvalue weighted by molar-refractivity contribution is 9.10. The Hall–Kier alpha value is -2.76. The molecule has 30 heavy (non-hydrogen) atoms. The van der Waals surface area contributed by atoms with Crippen LogP contribution in [0.3, 0.4) is 0 Å². The molecule has 2 heterocycles. The zero-order valence-electron chi connectivity index (χ0n) is 15.0. The molecule has 0 saturated carbocycles. The van der Waals surface area contributed by atoms with E-state index in [1.54, 1.807) is 18.2 Å². The van der Waals surface area contributed by atoms with E-state index in [1.807, 2.05) is 0 Å². The van der Waals surface area contributed by atoms with Crippen molar-refractivity contribution >= 4 is 54.8 Å². The van der Waals surface area contributed by atoms with E-state index in [9.17, 15) is 23.3 Å². The lowest BCUT2D eigenvalue weighted by Gasteiger charge is -2.12. The number of halogens is 2. The molecule has 0 spiro atoms. The van der Waals surface area contributed by atoms with E-state index in [2.05, 4.69) is 26.3 Å². The van der Waals surface area contributed by atoms with Gasteiger partial charge in [-0.2, -0.15) is 5.10 Å². The molecular formula is C18H12BrClN4O5S. The van der Waals surface area contributed by atoms with Crippen molar-refractivity contribution in [3.8, 4) is 5.69 Å². The number of anilines is 1. The molecule has 1 aromatic heterocycles. The van der Waals surface area contributed by atoms with Crippen molar-refractivity contribution in [2.24, 2.45) is 0 Å². The molecule has 0 aliphatic carbocycles. The quantitative estimate of drug-likeness (QED) is 0.419. The van der Waals surface area contributed by atoms with Crippen LogP contribution in [0.15, 0.2) is 46.9 Å². The van der Waals surface area contributed by atoms with Crippen molar-refractivity contribution < 1.29 is 18.1 Å². The minimum absolute atomic E-state index is 0.104. The fourth-order valence-corrected chi connectivity index (χ4v) is 5.18. The third-order valence-corrected chi connectivity index (χ3v) is 6.76. The van der Waals surface area contributed by atoms with Crippen molar-refractivity contribution in [3.63, 3.8) is 0 Å². The van der Waals surface area contributed by atoms with E-state index in [0.29, 0.717) is 21.4 Å². The van der Waals surface area contributed by atoms with Gasteiger partial charge in [0.25, 0.3) is 11.6 Å². The van der Waals surface area contributed by atoms with Crippen LogP contribution < -0.4 is 5.32 Å². The number of amides is 1. The predicted octanol–water partition coefficient (Wildman–Crippen LogP) is 3.88. The van der Waals surface area contributed by atoms with Gasteiger partial charge >= 0.3 is 0 Å². The molecule has 1 amide bonds. The number of hydrogen-bond acceptors (Lipinski definition) is 6. The fourth-order valence-electron chi connectivity index (χ4n) is 3.12. The molecule has 0 saturated heterocycles. The number of nitro groups is 1. The van der Waals surface area contributed by atoms with Crippen molar-refractivity contribution in [3.05, 3.63) is 78.9 Å². The minimum Gasteiger partial charge on any atom is -0.306 e. The summed E-state index contributed by atoms with van der Waals surface area (Å²) in [5.74, 6) is -0.877. The van der Waals surface area contributed by atoms with Crippen LogP contribution in [-0.4, -0.2) is 29.0 Å². The van der Waals surface area contributed by atoms with Crippen LogP contribution in [0.5, 0.6) is 0 Å². The first-order valence-corrected chi connectivity index (χ1v) is 11.5. The Kier molecular flexibility index (Phi) is 5.12. The summed E-state index contributed by atoms with van der Waals surface area (Å²) in [6, 6.07) is 10.3. The van der Waals surface area contributed by atoms with Crippen LogP contribution in [0.1, 0.15) is 21.6 Å². The van der Waals surface area contributed by atoms with Gasteiger partial charge in [-0.05, 0) is 30.3 Å². The number of nitrogens with one attached hydrogen (secondary N) is 1. The zero-order valence-corrected chi connectivity index (χ0v) is 18.2. The molecule has 1 N–H and O–H groups in total. The van der Waals surface area contributed by atoms with Gasteiger partial charge in [0, 0.05) is 22.2 Å². The molecular weight excluding hydrogens is 500 g/mol. The molecule has 0 fully saturated rings. The Morgan fingerprint density at radius 3 is 2.57 bits per heavy atom. The third kappa shape index (κ3) is 3.83. The lowest BCUT2D eigenvalue weighted by Crippen LogP contribution is -2.17. The van der Waals surface area contributed by atoms with Crippen LogP contribution in [0.25, 0.3) is 5.69 Å². The standard InChI is InChI=1S/C18H12BrClN4O5S/c19-10-1-6-15(20)13(7-10)18(25)21-17-14-8-30(28,29)9-16(14)22-23(17)11-2-4-12(5-3-11)24(26)27/h1-7H,8-9H2,(H,21,25). The number of carbonyl (C=O) groups excluding carboxylic acids is 1. The Labute approximate surface area is 183 Å². The number of carbonyl (C=O) groups is 1. The first-order chi connectivity index (χ1) is 14.1. The highest BCUT2D eigenvalue weighted by Crippen LogP contribution is 2.34. The van der Waals surface area contributed by atoms with Gasteiger partial charge in [0.2, 0.25) is 0 Å². The molecule has 154 valence electrons. The van der Waals surface area contributed by atoms with Crippen LogP contribution >= 0.6 is 27.5 Å². The van der Waals surface area contributed by atoms with Crippen molar-refractivity contribution in [2.75, 3.05) is 5.32 Å². The van der Waals surface area contributed by atoms with Crippen LogP contribution in [-0.2, 0) is 21.3 Å². The number of sulfone groups is 1. The van der Waals surface area contributed by atoms with Crippen molar-refractivity contribution in [2.45, 2.75) is 11.5 Å². The summed E-state index contributed by atoms with van der Waals surface area (Å²) in [4.78, 5) is 23.3. The third-order valence-electron chi connectivity index (χ3n) is 4.50. The average Bonchev–Trinajstić information content (AvgIpc) is 3.16. The van der Waals surface area contributed by atoms with Gasteiger partial charge in [-0.3, -0.25) is 14.9 Å². The van der Waals surface area contributed by atoms with Crippen molar-refractivity contribution in [1.29, 1.82) is 0 Å². The first kappa shape index (κ1) is 20.5. The Balaban J connectivity index is 1.78. The summed E-state index contributed by atoms with van der Waals surface area (Å²) in [7, 11) is -3.37. The molecule has 3 aromatic rings. The van der Waals surface area contributed by atoms with E-state index < -0.39 is 20.7 Å². The van der Waals surface area contributed by atoms with E-state index in [-0.39, 0.29) is 33.6 Å². The first-order valence-electron chi connectivity index (χ1n) is 8.47. The molecule has 0 radical (unpaired) electrons. The maximum atomic E-state index is 12.9. The summed E-state index contributed by atoms with van der Waals surface area (Å²) in [5.41, 5.74) is 1.23. The lowest BCUT2D eigenvalue weighted by atomic mass is 10.2. The SMILES string of the molecule is O=C(Nc1c2c(nn1-c1ccc([N+](=O)[O-])cc1)CS(=O)(=O)C2)c1cc(Br)ccc1Cl. The highest BCUT2D eigenvalue weighted by Gasteiger charge is 2.33. The second kappa shape index (κ2) is 7.49. The summed E-state index contributed by atoms with van der Waals surface area (Å²) >= 11 is 9.42. The Morgan fingerprint density at radius 2 is 1.90 bits per heavy atom. The zero-order chi connectivity index (χ0) is 21.6. The van der Waals surface area contributed by atoms with Crippen LogP contribution in [0.2, 0.25) is 5.02 Å². The second-order valence-corrected chi connectivity index (χ2v) is 9.96. The number of benzene rings is 2. The smallest absolute Gasteiger partial charge is 0.269 e. The van der Waals surface area contributed by atoms with Gasteiger partial charge in [-0.15, -0.1) is 0 Å². The topological polar surface area (TPSA) is 124 Å². The number of nitrogens with zero attached hydrogens (tertiary/aromatic N) is 3. The normalized spacial score (nSPS) is 14.3. The van der Waals surface area contributed by atoms with Gasteiger partial charge in [-0.25, -0.2) is 13.1 Å². The lowest BCUT2D eigenvalue weighted by molar-refractivity contribution is -0.384. The number of nitro benzene ring substituents is 1. The molecule has 12 heteroatoms. The number of hydrogen-bond donors (Lipinski definition) is 1. The summed E-state index contributed by atoms with van der Waals surface area (Å²) in [5, 5.41) is 18.2. The Morgan fingerprint density at radius 1 is 1.20 bits per heavy atom. The molecule has 2 aromatic carbocycles. The van der Waals surface area contributed by atoms with Gasteiger partial charge in [-0.1, -0.05) is 27.5 Å². The molecule has 0 atom stereocenters. The summed E-state index contributed by atoms with van der Waals surface area (Å²) < 4.78 is 26.1. The molecule has 9 nitrogen and oxygen atoms in total. The van der Waals surface area contributed by atoms with Crippen LogP contribution in [0.4, 0.5) is 11.5 Å². The molecule has 1 aliphatic rings. The van der Waals surface area contributed by atoms with Gasteiger partial charge in [0.05, 0.1) is 38.4 Å². The van der Waals surface area contributed by atoms with Crippen molar-refractivity contribution in [1.82, 2.24) is 9.78 Å². The maximum absolute atomic E-state index is 12.9. The minimum atomic E-state index is -3.37. The summed E-state index contributed by atoms with van der Waals surface area (Å²) in [6.07, 6.45) is 0. The molecule has 1 aliphatic heterocycles. The van der Waals surface area contributed by atoms with E-state index >= 15 is 0 Å². The molecule has 0 unspecified atom stereocenters. The maximum Gasteiger partial charge on any atom is 0.269 e.